The molecule has 1 aliphatic heterocycles. The van der Waals surface area contributed by atoms with Crippen LogP contribution in [0.5, 0.6) is 0 Å². The van der Waals surface area contributed by atoms with E-state index >= 15 is 0 Å². The molecule has 0 aromatic carbocycles. The fourth-order valence-corrected chi connectivity index (χ4v) is 12.6. The van der Waals surface area contributed by atoms with Gasteiger partial charge >= 0.3 is 180 Å². The molecular weight excluding hydrogens is 599 g/mol. The van der Waals surface area contributed by atoms with Crippen LogP contribution in [-0.4, -0.2) is 85.0 Å². The van der Waals surface area contributed by atoms with Crippen LogP contribution in [0.15, 0.2) is 21.8 Å². The summed E-state index contributed by atoms with van der Waals surface area (Å²) in [6, 6.07) is 1.17. The Bertz CT molecular complexity index is 655. The molecule has 0 aromatic heterocycles. The molecule has 0 radical (unpaired) electrons. The van der Waals surface area contributed by atoms with Crippen molar-refractivity contribution in [2.45, 2.75) is 90.2 Å². The van der Waals surface area contributed by atoms with Crippen molar-refractivity contribution < 1.29 is 19.7 Å². The molecule has 0 bridgehead atoms. The van der Waals surface area contributed by atoms with E-state index in [-0.39, 0.29) is 16.6 Å². The van der Waals surface area contributed by atoms with Crippen LogP contribution in [0.4, 0.5) is 0 Å². The van der Waals surface area contributed by atoms with Gasteiger partial charge in [0, 0.05) is 14.7 Å². The van der Waals surface area contributed by atoms with Crippen molar-refractivity contribution in [3.63, 3.8) is 0 Å². The Kier molecular flexibility index (Phi) is 15.8. The molecule has 4 nitrogen and oxygen atoms in total. The van der Waals surface area contributed by atoms with Gasteiger partial charge in [-0.3, -0.25) is 0 Å². The zero-order valence-electron chi connectivity index (χ0n) is 23.8. The van der Waals surface area contributed by atoms with E-state index in [1.165, 1.54) is 18.0 Å². The predicted octanol–water partition coefficient (Wildman–Crippen LogP) is 7.04. The van der Waals surface area contributed by atoms with E-state index in [9.17, 15) is 10.2 Å². The average molecular weight is 654 g/mol. The first-order chi connectivity index (χ1) is 16.2. The second-order valence-electron chi connectivity index (χ2n) is 12.5. The number of hydrogen-bond donors (Lipinski definition) is 2. The fraction of sp³-hybridized carbons (Fsp3) is 0.852. The monoisotopic (exact) mass is 654 g/mol. The van der Waals surface area contributed by atoms with E-state index < -0.39 is 32.6 Å². The van der Waals surface area contributed by atoms with E-state index in [0.717, 1.165) is 41.0 Å². The minimum atomic E-state index is -2.44. The van der Waals surface area contributed by atoms with Gasteiger partial charge in [0.05, 0.1) is 0 Å². The van der Waals surface area contributed by atoms with Crippen LogP contribution in [0.2, 0.25) is 40.5 Å². The second-order valence-corrected chi connectivity index (χ2v) is 35.9. The number of allylic oxidation sites excluding steroid dienone is 1. The molecule has 0 aliphatic carbocycles. The molecule has 0 amide bonds. The van der Waals surface area contributed by atoms with Crippen molar-refractivity contribution in [1.29, 1.82) is 0 Å². The standard InChI is InChI=1S/C24H45O4S2Si.3CH3.Sn/c1-7-22(17-25)23(26)24(29-13-9-14-30-24)16-20(2)10-8-11-21(3)18-28-19-27-12-15-31(4,5)6;;;;/h11,20,22-23,25-26H,1,8-10,12-19H2,2-6H3;3*1H3;/b21-11+;;;;/t20-,22+,23-;;;;/m0..../s1. The summed E-state index contributed by atoms with van der Waals surface area (Å²) in [4.78, 5) is 6.96. The average Bonchev–Trinajstić information content (AvgIpc) is 2.75. The van der Waals surface area contributed by atoms with Gasteiger partial charge in [-0.05, 0) is 6.04 Å². The third-order valence-electron chi connectivity index (χ3n) is 6.70. The van der Waals surface area contributed by atoms with Gasteiger partial charge in [0.25, 0.3) is 0 Å². The molecule has 0 aromatic rings. The number of hydrogen-bond acceptors (Lipinski definition) is 6. The molecule has 1 aliphatic rings. The van der Waals surface area contributed by atoms with E-state index in [1.807, 2.05) is 23.5 Å². The van der Waals surface area contributed by atoms with Gasteiger partial charge in [-0.15, -0.1) is 0 Å². The van der Waals surface area contributed by atoms with Crippen molar-refractivity contribution in [3.8, 4) is 0 Å². The maximum atomic E-state index is 11.6. The summed E-state index contributed by atoms with van der Waals surface area (Å²) in [5.74, 6) is 2.44. The Morgan fingerprint density at radius 3 is 2.34 bits per heavy atom. The number of thioether (sulfide) groups is 2. The van der Waals surface area contributed by atoms with E-state index in [2.05, 4.69) is 61.0 Å². The Balaban J connectivity index is 2.59. The van der Waals surface area contributed by atoms with Crippen molar-refractivity contribution in [3.05, 3.63) is 21.8 Å². The van der Waals surface area contributed by atoms with E-state index in [1.54, 1.807) is 0 Å². The van der Waals surface area contributed by atoms with Gasteiger partial charge in [0.1, 0.15) is 6.79 Å². The molecule has 0 saturated carbocycles. The zero-order chi connectivity index (χ0) is 26.7. The van der Waals surface area contributed by atoms with Gasteiger partial charge in [-0.2, -0.15) is 0 Å². The number of aliphatic hydroxyl groups excluding tert-OH is 2. The first-order valence-electron chi connectivity index (χ1n) is 13.3. The molecule has 1 rings (SSSR count). The van der Waals surface area contributed by atoms with Gasteiger partial charge in [0.15, 0.2) is 0 Å². The minimum absolute atomic E-state index is 0.00473. The summed E-state index contributed by atoms with van der Waals surface area (Å²) in [6.07, 6.45) is 5.98. The van der Waals surface area contributed by atoms with E-state index in [0.29, 0.717) is 19.3 Å². The Labute approximate surface area is 230 Å². The van der Waals surface area contributed by atoms with Crippen LogP contribution in [-0.2, 0) is 9.47 Å². The molecule has 2 N–H and O–H groups in total. The molecule has 206 valence electrons. The molecule has 0 spiro atoms. The van der Waals surface area contributed by atoms with Gasteiger partial charge in [-0.1, -0.05) is 19.6 Å². The Hall–Kier alpha value is 1.04. The molecule has 8 heteroatoms. The fourth-order valence-electron chi connectivity index (χ4n) is 4.22. The van der Waals surface area contributed by atoms with Crippen molar-refractivity contribution >= 4 is 50.0 Å². The Morgan fingerprint density at radius 1 is 1.17 bits per heavy atom. The second kappa shape index (κ2) is 16.2. The van der Waals surface area contributed by atoms with Crippen LogP contribution in [0.1, 0.15) is 39.5 Å². The first kappa shape index (κ1) is 34.1. The summed E-state index contributed by atoms with van der Waals surface area (Å²) < 4.78 is 12.2. The first-order valence-corrected chi connectivity index (χ1v) is 29.0. The van der Waals surface area contributed by atoms with Crippen LogP contribution in [0.25, 0.3) is 0 Å². The summed E-state index contributed by atoms with van der Waals surface area (Å²) >= 11 is 1.39. The Morgan fingerprint density at radius 2 is 1.80 bits per heavy atom. The maximum absolute atomic E-state index is 11.6. The molecule has 1 heterocycles. The van der Waals surface area contributed by atoms with Crippen LogP contribution in [0, 0.1) is 11.8 Å². The zero-order valence-corrected chi connectivity index (χ0v) is 29.3. The van der Waals surface area contributed by atoms with Crippen molar-refractivity contribution in [2.75, 3.05) is 38.1 Å². The third kappa shape index (κ3) is 13.1. The normalized spacial score (nSPS) is 19.9. The topological polar surface area (TPSA) is 58.9 Å². The van der Waals surface area contributed by atoms with Crippen LogP contribution >= 0.6 is 23.5 Å². The van der Waals surface area contributed by atoms with Gasteiger partial charge in [-0.25, -0.2) is 0 Å². The van der Waals surface area contributed by atoms with Crippen LogP contribution < -0.4 is 0 Å². The van der Waals surface area contributed by atoms with Gasteiger partial charge in [0.2, 0.25) is 0 Å². The van der Waals surface area contributed by atoms with Crippen molar-refractivity contribution in [2.24, 2.45) is 11.8 Å². The summed E-state index contributed by atoms with van der Waals surface area (Å²) in [5, 5.41) is 21.9. The number of rotatable bonds is 17. The molecule has 3 atom stereocenters. The number of ether oxygens (including phenoxy) is 2. The molecule has 35 heavy (non-hydrogen) atoms. The molecule has 1 fully saturated rings. The molecular formula is C27H54O4S2SiSn. The SMILES string of the molecule is C=[C]([C@H](CO)[C@H](O)C1(C[C@@H](C)CC/C=C(\C)COCOCC[Si](C)(C)C)SCCCS1)[Sn]([CH3])([CH3])[CH3]. The van der Waals surface area contributed by atoms with Crippen molar-refractivity contribution in [1.82, 2.24) is 0 Å². The third-order valence-corrected chi connectivity index (χ3v) is 18.4. The predicted molar refractivity (Wildman–Crippen MR) is 163 cm³/mol. The molecule has 1 saturated heterocycles. The number of aliphatic hydroxyl groups is 2. The van der Waals surface area contributed by atoms with E-state index in [4.69, 9.17) is 9.47 Å². The quantitative estimate of drug-likeness (QED) is 0.0761. The summed E-state index contributed by atoms with van der Waals surface area (Å²) in [5.41, 5.74) is 1.25. The molecule has 0 unspecified atom stereocenters. The summed E-state index contributed by atoms with van der Waals surface area (Å²) in [7, 11) is -1.04. The van der Waals surface area contributed by atoms with Crippen LogP contribution in [0.3, 0.4) is 0 Å². The summed E-state index contributed by atoms with van der Waals surface area (Å²) in [6.45, 7) is 17.7. The van der Waals surface area contributed by atoms with Gasteiger partial charge < -0.3 is 4.74 Å².